The number of hydrogen-bond acceptors (Lipinski definition) is 4. The third kappa shape index (κ3) is 5.87. The SMILES string of the molecule is CCCCOc1ccc(OC)cc1NC(=O)C1CCCC(N)C1.Cl. The number of carbonyl (C=O) groups excluding carboxylic acids is 1. The molecule has 1 saturated carbocycles. The number of unbranched alkanes of at least 4 members (excludes halogenated alkanes) is 1. The van der Waals surface area contributed by atoms with Crippen molar-refractivity contribution in [1.29, 1.82) is 0 Å². The van der Waals surface area contributed by atoms with Crippen LogP contribution in [0.15, 0.2) is 18.2 Å². The van der Waals surface area contributed by atoms with Crippen LogP contribution in [0.25, 0.3) is 0 Å². The van der Waals surface area contributed by atoms with Crippen LogP contribution >= 0.6 is 12.4 Å². The Morgan fingerprint density at radius 1 is 1.38 bits per heavy atom. The minimum absolute atomic E-state index is 0. The predicted octanol–water partition coefficient (Wildman–Crippen LogP) is 3.75. The topological polar surface area (TPSA) is 73.6 Å². The van der Waals surface area contributed by atoms with Crippen LogP contribution in [-0.4, -0.2) is 25.7 Å². The minimum atomic E-state index is -0.0200. The van der Waals surface area contributed by atoms with Crippen LogP contribution in [0.4, 0.5) is 5.69 Å². The second-order valence-electron chi connectivity index (χ2n) is 6.18. The van der Waals surface area contributed by atoms with Gasteiger partial charge in [0.2, 0.25) is 5.91 Å². The molecule has 0 heterocycles. The van der Waals surface area contributed by atoms with Gasteiger partial charge in [-0.3, -0.25) is 4.79 Å². The summed E-state index contributed by atoms with van der Waals surface area (Å²) in [6.07, 6.45) is 5.72. The summed E-state index contributed by atoms with van der Waals surface area (Å²) in [5.41, 5.74) is 6.66. The molecule has 0 saturated heterocycles. The molecule has 2 rings (SSSR count). The first kappa shape index (κ1) is 20.6. The number of halogens is 1. The Morgan fingerprint density at radius 2 is 2.17 bits per heavy atom. The van der Waals surface area contributed by atoms with Crippen molar-refractivity contribution in [2.45, 2.75) is 51.5 Å². The number of nitrogens with one attached hydrogen (secondary N) is 1. The Hall–Kier alpha value is -1.46. The average molecular weight is 357 g/mol. The molecule has 0 radical (unpaired) electrons. The van der Waals surface area contributed by atoms with E-state index < -0.39 is 0 Å². The summed E-state index contributed by atoms with van der Waals surface area (Å²) in [4.78, 5) is 12.5. The van der Waals surface area contributed by atoms with Crippen molar-refractivity contribution in [3.8, 4) is 11.5 Å². The first-order chi connectivity index (χ1) is 11.1. The molecule has 0 bridgehead atoms. The van der Waals surface area contributed by atoms with E-state index in [1.165, 1.54) is 0 Å². The third-order valence-electron chi connectivity index (χ3n) is 4.29. The van der Waals surface area contributed by atoms with Crippen molar-refractivity contribution in [2.24, 2.45) is 11.7 Å². The van der Waals surface area contributed by atoms with Crippen LogP contribution in [0.5, 0.6) is 11.5 Å². The zero-order valence-corrected chi connectivity index (χ0v) is 15.4. The van der Waals surface area contributed by atoms with Crippen LogP contribution in [0.3, 0.4) is 0 Å². The summed E-state index contributed by atoms with van der Waals surface area (Å²) in [5, 5.41) is 3.00. The largest absolute Gasteiger partial charge is 0.497 e. The Bertz CT molecular complexity index is 525. The maximum Gasteiger partial charge on any atom is 0.227 e. The maximum absolute atomic E-state index is 12.5. The van der Waals surface area contributed by atoms with Gasteiger partial charge in [0, 0.05) is 18.0 Å². The van der Waals surface area contributed by atoms with Crippen LogP contribution in [0, 0.1) is 5.92 Å². The van der Waals surface area contributed by atoms with Gasteiger partial charge in [-0.1, -0.05) is 19.8 Å². The van der Waals surface area contributed by atoms with Gasteiger partial charge in [-0.2, -0.15) is 0 Å². The quantitative estimate of drug-likeness (QED) is 0.729. The Morgan fingerprint density at radius 3 is 2.83 bits per heavy atom. The lowest BCUT2D eigenvalue weighted by Crippen LogP contribution is -2.34. The molecule has 1 fully saturated rings. The van der Waals surface area contributed by atoms with Gasteiger partial charge in [-0.25, -0.2) is 0 Å². The molecule has 1 aromatic carbocycles. The van der Waals surface area contributed by atoms with E-state index in [4.69, 9.17) is 15.2 Å². The number of ether oxygens (including phenoxy) is 2. The summed E-state index contributed by atoms with van der Waals surface area (Å²) < 4.78 is 11.0. The molecule has 3 N–H and O–H groups in total. The summed E-state index contributed by atoms with van der Waals surface area (Å²) >= 11 is 0. The highest BCUT2D eigenvalue weighted by molar-refractivity contribution is 5.94. The first-order valence-corrected chi connectivity index (χ1v) is 8.51. The summed E-state index contributed by atoms with van der Waals surface area (Å²) in [6, 6.07) is 5.62. The van der Waals surface area contributed by atoms with E-state index in [9.17, 15) is 4.79 Å². The maximum atomic E-state index is 12.5. The number of hydrogen-bond donors (Lipinski definition) is 2. The summed E-state index contributed by atoms with van der Waals surface area (Å²) in [5.74, 6) is 1.39. The molecule has 0 spiro atoms. The van der Waals surface area contributed by atoms with E-state index in [2.05, 4.69) is 12.2 Å². The fraction of sp³-hybridized carbons (Fsp3) is 0.611. The molecule has 2 unspecified atom stereocenters. The van der Waals surface area contributed by atoms with Crippen molar-refractivity contribution in [1.82, 2.24) is 0 Å². The second kappa shape index (κ2) is 10.4. The monoisotopic (exact) mass is 356 g/mol. The highest BCUT2D eigenvalue weighted by atomic mass is 35.5. The smallest absolute Gasteiger partial charge is 0.227 e. The number of methoxy groups -OCH3 is 1. The van der Waals surface area contributed by atoms with E-state index in [0.29, 0.717) is 23.8 Å². The number of carbonyl (C=O) groups is 1. The Balaban J connectivity index is 0.00000288. The summed E-state index contributed by atoms with van der Waals surface area (Å²) in [6.45, 7) is 2.76. The lowest BCUT2D eigenvalue weighted by molar-refractivity contribution is -0.120. The third-order valence-corrected chi connectivity index (χ3v) is 4.29. The van der Waals surface area contributed by atoms with Crippen molar-refractivity contribution in [3.05, 3.63) is 18.2 Å². The van der Waals surface area contributed by atoms with Crippen LogP contribution < -0.4 is 20.5 Å². The van der Waals surface area contributed by atoms with Crippen molar-refractivity contribution >= 4 is 24.0 Å². The van der Waals surface area contributed by atoms with Gasteiger partial charge in [0.1, 0.15) is 11.5 Å². The van der Waals surface area contributed by atoms with E-state index in [1.54, 1.807) is 7.11 Å². The van der Waals surface area contributed by atoms with Gasteiger partial charge in [0.05, 0.1) is 19.4 Å². The number of rotatable bonds is 7. The van der Waals surface area contributed by atoms with Gasteiger partial charge in [0.25, 0.3) is 0 Å². The molecule has 136 valence electrons. The van der Waals surface area contributed by atoms with Crippen molar-refractivity contribution < 1.29 is 14.3 Å². The molecule has 1 aliphatic carbocycles. The molecular formula is C18H29ClN2O3. The number of amides is 1. The number of benzene rings is 1. The molecule has 0 aromatic heterocycles. The van der Waals surface area contributed by atoms with Crippen LogP contribution in [0.1, 0.15) is 45.4 Å². The normalized spacial score (nSPS) is 20.0. The van der Waals surface area contributed by atoms with Crippen LogP contribution in [-0.2, 0) is 4.79 Å². The highest BCUT2D eigenvalue weighted by Gasteiger charge is 2.26. The molecular weight excluding hydrogens is 328 g/mol. The Kier molecular flexibility index (Phi) is 8.93. The van der Waals surface area contributed by atoms with Gasteiger partial charge in [-0.15, -0.1) is 12.4 Å². The number of nitrogens with two attached hydrogens (primary N) is 1. The van der Waals surface area contributed by atoms with E-state index in [0.717, 1.165) is 38.5 Å². The van der Waals surface area contributed by atoms with E-state index >= 15 is 0 Å². The van der Waals surface area contributed by atoms with Gasteiger partial charge < -0.3 is 20.5 Å². The molecule has 24 heavy (non-hydrogen) atoms. The molecule has 0 aliphatic heterocycles. The second-order valence-corrected chi connectivity index (χ2v) is 6.18. The van der Waals surface area contributed by atoms with Crippen molar-refractivity contribution in [3.63, 3.8) is 0 Å². The molecule has 2 atom stereocenters. The fourth-order valence-corrected chi connectivity index (χ4v) is 2.89. The summed E-state index contributed by atoms with van der Waals surface area (Å²) in [7, 11) is 1.61. The number of anilines is 1. The van der Waals surface area contributed by atoms with Gasteiger partial charge in [0.15, 0.2) is 0 Å². The minimum Gasteiger partial charge on any atom is -0.497 e. The molecule has 6 heteroatoms. The lowest BCUT2D eigenvalue weighted by Gasteiger charge is -2.26. The van der Waals surface area contributed by atoms with E-state index in [1.807, 2.05) is 18.2 Å². The zero-order valence-electron chi connectivity index (χ0n) is 14.5. The Labute approximate surface area is 150 Å². The fourth-order valence-electron chi connectivity index (χ4n) is 2.89. The lowest BCUT2D eigenvalue weighted by atomic mass is 9.85. The van der Waals surface area contributed by atoms with Gasteiger partial charge in [-0.05, 0) is 37.8 Å². The zero-order chi connectivity index (χ0) is 16.7. The first-order valence-electron chi connectivity index (χ1n) is 8.51. The average Bonchev–Trinajstić information content (AvgIpc) is 2.56. The molecule has 5 nitrogen and oxygen atoms in total. The predicted molar refractivity (Wildman–Crippen MR) is 99.2 cm³/mol. The van der Waals surface area contributed by atoms with Crippen molar-refractivity contribution in [2.75, 3.05) is 19.0 Å². The molecule has 1 aliphatic rings. The van der Waals surface area contributed by atoms with Gasteiger partial charge >= 0.3 is 0 Å². The standard InChI is InChI=1S/C18H28N2O3.ClH/c1-3-4-10-23-17-9-8-15(22-2)12-16(17)20-18(21)13-6-5-7-14(19)11-13;/h8-9,12-14H,3-7,10-11,19H2,1-2H3,(H,20,21);1H. The van der Waals surface area contributed by atoms with E-state index in [-0.39, 0.29) is 30.3 Å². The van der Waals surface area contributed by atoms with Crippen LogP contribution in [0.2, 0.25) is 0 Å². The molecule has 1 aromatic rings. The molecule has 1 amide bonds. The highest BCUT2D eigenvalue weighted by Crippen LogP contribution is 2.31.